The zero-order valence-electron chi connectivity index (χ0n) is 9.00. The average Bonchev–Trinajstić information content (AvgIpc) is 2.59. The minimum Gasteiger partial charge on any atom is -0.387 e. The van der Waals surface area contributed by atoms with Crippen LogP contribution in [0, 0.1) is 12.8 Å². The van der Waals surface area contributed by atoms with Crippen LogP contribution in [0.3, 0.4) is 0 Å². The standard InChI is InChI=1S/C12H17ClOS/c1-8-7-10(15-12(8)13)11(14)9-5-3-2-4-6-9/h7,9,11,14H,2-6H2,1H3. The zero-order chi connectivity index (χ0) is 10.8. The number of thiophene rings is 1. The van der Waals surface area contributed by atoms with E-state index in [0.717, 1.165) is 27.6 Å². The van der Waals surface area contributed by atoms with E-state index in [2.05, 4.69) is 0 Å². The number of rotatable bonds is 2. The van der Waals surface area contributed by atoms with E-state index in [4.69, 9.17) is 11.6 Å². The Morgan fingerprint density at radius 2 is 2.07 bits per heavy atom. The maximum absolute atomic E-state index is 10.2. The topological polar surface area (TPSA) is 20.2 Å². The van der Waals surface area contributed by atoms with Crippen LogP contribution in [-0.4, -0.2) is 5.11 Å². The molecule has 1 aromatic heterocycles. The molecule has 3 heteroatoms. The highest BCUT2D eigenvalue weighted by molar-refractivity contribution is 7.16. The Bertz CT molecular complexity index is 309. The van der Waals surface area contributed by atoms with Gasteiger partial charge in [-0.05, 0) is 37.3 Å². The molecular formula is C12H17ClOS. The van der Waals surface area contributed by atoms with Crippen molar-refractivity contribution in [2.75, 3.05) is 0 Å². The van der Waals surface area contributed by atoms with Crippen LogP contribution < -0.4 is 0 Å². The summed E-state index contributed by atoms with van der Waals surface area (Å²) in [5.41, 5.74) is 1.09. The molecule has 1 aliphatic carbocycles. The Morgan fingerprint density at radius 1 is 1.40 bits per heavy atom. The van der Waals surface area contributed by atoms with Crippen LogP contribution in [0.15, 0.2) is 6.07 Å². The third kappa shape index (κ3) is 2.55. The monoisotopic (exact) mass is 244 g/mol. The molecule has 0 radical (unpaired) electrons. The summed E-state index contributed by atoms with van der Waals surface area (Å²) in [7, 11) is 0. The van der Waals surface area contributed by atoms with Crippen molar-refractivity contribution in [3.05, 3.63) is 20.8 Å². The summed E-state index contributed by atoms with van der Waals surface area (Å²) in [6.45, 7) is 2.00. The SMILES string of the molecule is Cc1cc(C(O)C2CCCCC2)sc1Cl. The lowest BCUT2D eigenvalue weighted by Crippen LogP contribution is -2.14. The lowest BCUT2D eigenvalue weighted by Gasteiger charge is -2.25. The Labute approximate surface area is 100 Å². The van der Waals surface area contributed by atoms with Crippen LogP contribution in [0.2, 0.25) is 4.34 Å². The molecule has 1 unspecified atom stereocenters. The third-order valence-corrected chi connectivity index (χ3v) is 4.89. The van der Waals surface area contributed by atoms with Gasteiger partial charge in [-0.25, -0.2) is 0 Å². The van der Waals surface area contributed by atoms with Crippen LogP contribution in [-0.2, 0) is 0 Å². The van der Waals surface area contributed by atoms with E-state index in [-0.39, 0.29) is 6.10 Å². The van der Waals surface area contributed by atoms with Gasteiger partial charge in [-0.15, -0.1) is 11.3 Å². The number of hydrogen-bond acceptors (Lipinski definition) is 2. The molecule has 0 aromatic carbocycles. The molecule has 0 saturated heterocycles. The van der Waals surface area contributed by atoms with Crippen LogP contribution in [0.1, 0.15) is 48.6 Å². The van der Waals surface area contributed by atoms with Crippen molar-refractivity contribution in [3.63, 3.8) is 0 Å². The van der Waals surface area contributed by atoms with Crippen molar-refractivity contribution in [1.29, 1.82) is 0 Å². The second kappa shape index (κ2) is 4.86. The van der Waals surface area contributed by atoms with Gasteiger partial charge in [0.25, 0.3) is 0 Å². The van der Waals surface area contributed by atoms with Gasteiger partial charge in [-0.3, -0.25) is 0 Å². The van der Waals surface area contributed by atoms with Crippen molar-refractivity contribution in [3.8, 4) is 0 Å². The predicted molar refractivity (Wildman–Crippen MR) is 65.6 cm³/mol. The summed E-state index contributed by atoms with van der Waals surface area (Å²) in [5.74, 6) is 0.452. The van der Waals surface area contributed by atoms with E-state index in [1.165, 1.54) is 30.6 Å². The molecule has 2 rings (SSSR count). The molecule has 0 aliphatic heterocycles. The second-order valence-corrected chi connectivity index (χ2v) is 6.13. The first kappa shape index (κ1) is 11.4. The van der Waals surface area contributed by atoms with Crippen LogP contribution in [0.5, 0.6) is 0 Å². The first-order valence-electron chi connectivity index (χ1n) is 5.62. The van der Waals surface area contributed by atoms with Crippen molar-refractivity contribution >= 4 is 22.9 Å². The summed E-state index contributed by atoms with van der Waals surface area (Å²) in [5, 5.41) is 10.2. The molecule has 1 aliphatic rings. The molecule has 0 bridgehead atoms. The van der Waals surface area contributed by atoms with E-state index in [1.54, 1.807) is 0 Å². The second-order valence-electron chi connectivity index (χ2n) is 4.45. The first-order chi connectivity index (χ1) is 7.18. The van der Waals surface area contributed by atoms with E-state index in [0.29, 0.717) is 5.92 Å². The van der Waals surface area contributed by atoms with Gasteiger partial charge in [0.2, 0.25) is 0 Å². The molecule has 15 heavy (non-hydrogen) atoms. The van der Waals surface area contributed by atoms with Crippen molar-refractivity contribution < 1.29 is 5.11 Å². The van der Waals surface area contributed by atoms with Crippen molar-refractivity contribution in [2.45, 2.75) is 45.1 Å². The largest absolute Gasteiger partial charge is 0.387 e. The van der Waals surface area contributed by atoms with Gasteiger partial charge in [0.05, 0.1) is 10.4 Å². The minimum absolute atomic E-state index is 0.290. The highest BCUT2D eigenvalue weighted by Gasteiger charge is 2.24. The smallest absolute Gasteiger partial charge is 0.0961 e. The summed E-state index contributed by atoms with van der Waals surface area (Å²) < 4.78 is 0.819. The van der Waals surface area contributed by atoms with E-state index >= 15 is 0 Å². The molecule has 1 saturated carbocycles. The van der Waals surface area contributed by atoms with Crippen molar-refractivity contribution in [1.82, 2.24) is 0 Å². The van der Waals surface area contributed by atoms with Crippen LogP contribution in [0.4, 0.5) is 0 Å². The molecule has 1 aromatic rings. The fraction of sp³-hybridized carbons (Fsp3) is 0.667. The number of aliphatic hydroxyl groups is 1. The number of aliphatic hydroxyl groups excluding tert-OH is 1. The van der Waals surface area contributed by atoms with Gasteiger partial charge < -0.3 is 5.11 Å². The minimum atomic E-state index is -0.290. The first-order valence-corrected chi connectivity index (χ1v) is 6.82. The van der Waals surface area contributed by atoms with Gasteiger partial charge in [0, 0.05) is 4.88 Å². The predicted octanol–water partition coefficient (Wildman–Crippen LogP) is 4.32. The Kier molecular flexibility index (Phi) is 3.70. The number of halogens is 1. The maximum Gasteiger partial charge on any atom is 0.0961 e. The summed E-state index contributed by atoms with van der Waals surface area (Å²) in [6, 6.07) is 2.03. The molecule has 1 fully saturated rings. The van der Waals surface area contributed by atoms with Gasteiger partial charge in [0.15, 0.2) is 0 Å². The van der Waals surface area contributed by atoms with Crippen LogP contribution >= 0.6 is 22.9 Å². The van der Waals surface area contributed by atoms with Gasteiger partial charge in [0.1, 0.15) is 0 Å². The molecule has 1 heterocycles. The molecule has 1 nitrogen and oxygen atoms in total. The average molecular weight is 245 g/mol. The van der Waals surface area contributed by atoms with E-state index < -0.39 is 0 Å². The Morgan fingerprint density at radius 3 is 2.60 bits per heavy atom. The van der Waals surface area contributed by atoms with Gasteiger partial charge in [-0.1, -0.05) is 30.9 Å². The molecule has 0 spiro atoms. The van der Waals surface area contributed by atoms with Crippen molar-refractivity contribution in [2.24, 2.45) is 5.92 Å². The highest BCUT2D eigenvalue weighted by Crippen LogP contribution is 2.39. The third-order valence-electron chi connectivity index (χ3n) is 3.26. The number of hydrogen-bond donors (Lipinski definition) is 1. The molecule has 1 atom stereocenters. The summed E-state index contributed by atoms with van der Waals surface area (Å²) >= 11 is 7.55. The normalized spacial score (nSPS) is 20.5. The molecule has 0 amide bonds. The Hall–Kier alpha value is -0.0500. The molecule has 84 valence electrons. The lowest BCUT2D eigenvalue weighted by molar-refractivity contribution is 0.0879. The lowest BCUT2D eigenvalue weighted by atomic mass is 9.85. The summed E-state index contributed by atoms with van der Waals surface area (Å²) in [4.78, 5) is 1.05. The van der Waals surface area contributed by atoms with E-state index in [1.807, 2.05) is 13.0 Å². The van der Waals surface area contributed by atoms with Gasteiger partial charge in [-0.2, -0.15) is 0 Å². The van der Waals surface area contributed by atoms with Crippen LogP contribution in [0.25, 0.3) is 0 Å². The fourth-order valence-electron chi connectivity index (χ4n) is 2.31. The van der Waals surface area contributed by atoms with E-state index in [9.17, 15) is 5.11 Å². The fourth-order valence-corrected chi connectivity index (χ4v) is 3.61. The number of aryl methyl sites for hydroxylation is 1. The zero-order valence-corrected chi connectivity index (χ0v) is 10.6. The Balaban J connectivity index is 2.08. The maximum atomic E-state index is 10.2. The molecular weight excluding hydrogens is 228 g/mol. The molecule has 1 N–H and O–H groups in total. The summed E-state index contributed by atoms with van der Waals surface area (Å²) in [6.07, 6.45) is 5.89. The van der Waals surface area contributed by atoms with Gasteiger partial charge >= 0.3 is 0 Å². The quantitative estimate of drug-likeness (QED) is 0.821. The highest BCUT2D eigenvalue weighted by atomic mass is 35.5.